The maximum atomic E-state index is 13.2. The van der Waals surface area contributed by atoms with E-state index in [0.717, 1.165) is 0 Å². The van der Waals surface area contributed by atoms with E-state index in [0.29, 0.717) is 17.9 Å². The van der Waals surface area contributed by atoms with Gasteiger partial charge in [0.1, 0.15) is 5.82 Å². The molecule has 1 aromatic heterocycles. The van der Waals surface area contributed by atoms with Crippen molar-refractivity contribution in [3.8, 4) is 5.88 Å². The van der Waals surface area contributed by atoms with Crippen molar-refractivity contribution in [2.24, 2.45) is 0 Å². The molecule has 0 aliphatic rings. The molecule has 0 aliphatic carbocycles. The van der Waals surface area contributed by atoms with E-state index >= 15 is 0 Å². The first-order valence-electron chi connectivity index (χ1n) is 3.76. The summed E-state index contributed by atoms with van der Waals surface area (Å²) in [7, 11) is 1.39. The van der Waals surface area contributed by atoms with Crippen LogP contribution >= 0.6 is 0 Å². The Morgan fingerprint density at radius 1 is 1.42 bits per heavy atom. The minimum Gasteiger partial charge on any atom is -0.479 e. The van der Waals surface area contributed by atoms with Gasteiger partial charge in [0.25, 0.3) is 5.88 Å². The van der Waals surface area contributed by atoms with Crippen LogP contribution in [0.2, 0.25) is 0 Å². The average molecular weight is 170 g/mol. The van der Waals surface area contributed by atoms with E-state index in [2.05, 4.69) is 9.97 Å². The van der Waals surface area contributed by atoms with Crippen molar-refractivity contribution in [2.45, 2.75) is 20.3 Å². The number of ether oxygens (including phenoxy) is 1. The standard InChI is InChI=1S/C8H11FN2O/c1-4-6-7(9)8(12-3)11-5(2)10-6/h4H2,1-3H3. The van der Waals surface area contributed by atoms with Crippen molar-refractivity contribution < 1.29 is 9.13 Å². The molecule has 1 heterocycles. The van der Waals surface area contributed by atoms with Crippen molar-refractivity contribution in [1.29, 1.82) is 0 Å². The SMILES string of the molecule is CCc1nc(C)nc(OC)c1F. The Morgan fingerprint density at radius 2 is 2.08 bits per heavy atom. The zero-order valence-electron chi connectivity index (χ0n) is 7.39. The van der Waals surface area contributed by atoms with Crippen LogP contribution in [0.15, 0.2) is 0 Å². The zero-order chi connectivity index (χ0) is 9.14. The molecule has 3 nitrogen and oxygen atoms in total. The molecule has 0 fully saturated rings. The highest BCUT2D eigenvalue weighted by Gasteiger charge is 2.10. The lowest BCUT2D eigenvalue weighted by atomic mass is 10.3. The number of hydrogen-bond acceptors (Lipinski definition) is 3. The van der Waals surface area contributed by atoms with Gasteiger partial charge >= 0.3 is 0 Å². The highest BCUT2D eigenvalue weighted by atomic mass is 19.1. The molecule has 0 saturated heterocycles. The van der Waals surface area contributed by atoms with E-state index in [-0.39, 0.29) is 5.88 Å². The van der Waals surface area contributed by atoms with Crippen LogP contribution in [0.3, 0.4) is 0 Å². The molecule has 0 N–H and O–H groups in total. The summed E-state index contributed by atoms with van der Waals surface area (Å²) < 4.78 is 17.9. The first-order valence-corrected chi connectivity index (χ1v) is 3.76. The predicted molar refractivity (Wildman–Crippen MR) is 42.7 cm³/mol. The molecule has 12 heavy (non-hydrogen) atoms. The molecule has 66 valence electrons. The van der Waals surface area contributed by atoms with Gasteiger partial charge in [-0.1, -0.05) is 6.92 Å². The number of aromatic nitrogens is 2. The quantitative estimate of drug-likeness (QED) is 0.674. The maximum Gasteiger partial charge on any atom is 0.253 e. The zero-order valence-corrected chi connectivity index (χ0v) is 7.39. The molecule has 0 radical (unpaired) electrons. The Hall–Kier alpha value is -1.19. The number of hydrogen-bond donors (Lipinski definition) is 0. The summed E-state index contributed by atoms with van der Waals surface area (Å²) in [5.74, 6) is 0.107. The minimum absolute atomic E-state index is 0.0272. The second kappa shape index (κ2) is 3.47. The summed E-state index contributed by atoms with van der Waals surface area (Å²) >= 11 is 0. The largest absolute Gasteiger partial charge is 0.479 e. The summed E-state index contributed by atoms with van der Waals surface area (Å²) in [6.07, 6.45) is 0.547. The fraction of sp³-hybridized carbons (Fsp3) is 0.500. The molecule has 0 unspecified atom stereocenters. The first kappa shape index (κ1) is 8.90. The molecular weight excluding hydrogens is 159 g/mol. The molecule has 0 amide bonds. The van der Waals surface area contributed by atoms with Crippen LogP contribution in [-0.2, 0) is 6.42 Å². The van der Waals surface area contributed by atoms with Gasteiger partial charge in [-0.05, 0) is 13.3 Å². The Balaban J connectivity index is 3.22. The van der Waals surface area contributed by atoms with E-state index in [1.807, 2.05) is 6.92 Å². The van der Waals surface area contributed by atoms with Crippen molar-refractivity contribution in [3.63, 3.8) is 0 Å². The predicted octanol–water partition coefficient (Wildman–Crippen LogP) is 1.50. The molecular formula is C8H11FN2O. The van der Waals surface area contributed by atoms with Crippen molar-refractivity contribution in [3.05, 3.63) is 17.3 Å². The van der Waals surface area contributed by atoms with Gasteiger partial charge in [-0.15, -0.1) is 0 Å². The summed E-state index contributed by atoms with van der Waals surface area (Å²) in [4.78, 5) is 7.73. The number of halogens is 1. The highest BCUT2D eigenvalue weighted by Crippen LogP contribution is 2.16. The lowest BCUT2D eigenvalue weighted by molar-refractivity contribution is 0.362. The molecule has 0 bridgehead atoms. The number of methoxy groups -OCH3 is 1. The van der Waals surface area contributed by atoms with Crippen LogP contribution in [0.25, 0.3) is 0 Å². The second-order valence-corrected chi connectivity index (χ2v) is 2.39. The molecule has 1 aromatic rings. The average Bonchev–Trinajstić information content (AvgIpc) is 2.08. The van der Waals surface area contributed by atoms with Crippen LogP contribution in [0, 0.1) is 12.7 Å². The molecule has 0 aliphatic heterocycles. The highest BCUT2D eigenvalue weighted by molar-refractivity contribution is 5.19. The van der Waals surface area contributed by atoms with Gasteiger partial charge in [0.2, 0.25) is 5.82 Å². The Labute approximate surface area is 70.6 Å². The van der Waals surface area contributed by atoms with E-state index in [4.69, 9.17) is 4.74 Å². The summed E-state index contributed by atoms with van der Waals surface area (Å²) in [6.45, 7) is 3.55. The van der Waals surface area contributed by atoms with Gasteiger partial charge in [0.05, 0.1) is 12.8 Å². The third kappa shape index (κ3) is 1.52. The third-order valence-corrected chi connectivity index (χ3v) is 1.53. The Bertz CT molecular complexity index is 263. The summed E-state index contributed by atoms with van der Waals surface area (Å²) in [5.41, 5.74) is 0.402. The Kier molecular flexibility index (Phi) is 2.58. The molecule has 1 rings (SSSR count). The van der Waals surface area contributed by atoms with Gasteiger partial charge in [0, 0.05) is 0 Å². The number of aryl methyl sites for hydroxylation is 2. The first-order chi connectivity index (χ1) is 5.69. The van der Waals surface area contributed by atoms with E-state index in [1.54, 1.807) is 6.92 Å². The fourth-order valence-electron chi connectivity index (χ4n) is 0.958. The molecule has 0 aromatic carbocycles. The fourth-order valence-corrected chi connectivity index (χ4v) is 0.958. The van der Waals surface area contributed by atoms with Crippen LogP contribution in [0.5, 0.6) is 5.88 Å². The van der Waals surface area contributed by atoms with E-state index in [1.165, 1.54) is 7.11 Å². The van der Waals surface area contributed by atoms with Gasteiger partial charge < -0.3 is 4.74 Å². The molecule has 0 saturated carbocycles. The normalized spacial score (nSPS) is 10.0. The van der Waals surface area contributed by atoms with Gasteiger partial charge in [-0.2, -0.15) is 9.37 Å². The molecule has 0 atom stereocenters. The lowest BCUT2D eigenvalue weighted by Crippen LogP contribution is -2.02. The van der Waals surface area contributed by atoms with Crippen LogP contribution in [-0.4, -0.2) is 17.1 Å². The summed E-state index contributed by atoms with van der Waals surface area (Å²) in [5, 5.41) is 0. The summed E-state index contributed by atoms with van der Waals surface area (Å²) in [6, 6.07) is 0. The van der Waals surface area contributed by atoms with Crippen LogP contribution < -0.4 is 4.74 Å². The maximum absolute atomic E-state index is 13.2. The minimum atomic E-state index is -0.453. The lowest BCUT2D eigenvalue weighted by Gasteiger charge is -2.04. The van der Waals surface area contributed by atoms with Crippen molar-refractivity contribution in [1.82, 2.24) is 9.97 Å². The monoisotopic (exact) mass is 170 g/mol. The second-order valence-electron chi connectivity index (χ2n) is 2.39. The van der Waals surface area contributed by atoms with Gasteiger partial charge in [-0.3, -0.25) is 0 Å². The third-order valence-electron chi connectivity index (χ3n) is 1.53. The number of rotatable bonds is 2. The van der Waals surface area contributed by atoms with Gasteiger partial charge in [0.15, 0.2) is 0 Å². The smallest absolute Gasteiger partial charge is 0.253 e. The Morgan fingerprint density at radius 3 is 2.58 bits per heavy atom. The van der Waals surface area contributed by atoms with Crippen molar-refractivity contribution >= 4 is 0 Å². The van der Waals surface area contributed by atoms with E-state index < -0.39 is 5.82 Å². The van der Waals surface area contributed by atoms with Crippen LogP contribution in [0.4, 0.5) is 4.39 Å². The topological polar surface area (TPSA) is 35.0 Å². The number of nitrogens with zero attached hydrogens (tertiary/aromatic N) is 2. The van der Waals surface area contributed by atoms with E-state index in [9.17, 15) is 4.39 Å². The molecule has 4 heteroatoms. The molecule has 0 spiro atoms. The van der Waals surface area contributed by atoms with Gasteiger partial charge in [-0.25, -0.2) is 4.98 Å². The van der Waals surface area contributed by atoms with Crippen LogP contribution in [0.1, 0.15) is 18.4 Å². The van der Waals surface area contributed by atoms with Crippen molar-refractivity contribution in [2.75, 3.05) is 7.11 Å².